The Kier molecular flexibility index (Phi) is 5.44. The number of nitrogens with one attached hydrogen (secondary N) is 1. The average molecular weight is 281 g/mol. The minimum atomic E-state index is -0.475. The molecule has 0 radical (unpaired) electrons. The van der Waals surface area contributed by atoms with Crippen molar-refractivity contribution in [2.45, 2.75) is 57.9 Å². The summed E-state index contributed by atoms with van der Waals surface area (Å²) in [7, 11) is 0. The van der Waals surface area contributed by atoms with E-state index in [0.29, 0.717) is 5.92 Å². The summed E-state index contributed by atoms with van der Waals surface area (Å²) in [6, 6.07) is 0. The highest BCUT2D eigenvalue weighted by Crippen LogP contribution is 2.41. The molecule has 0 aromatic heterocycles. The summed E-state index contributed by atoms with van der Waals surface area (Å²) in [5.74, 6) is 1.13. The Bertz CT molecular complexity index is 330. The van der Waals surface area contributed by atoms with E-state index in [1.54, 1.807) is 0 Å². The van der Waals surface area contributed by atoms with Crippen molar-refractivity contribution in [2.24, 2.45) is 17.6 Å². The fourth-order valence-corrected chi connectivity index (χ4v) is 3.67. The molecule has 2 atom stereocenters. The predicted molar refractivity (Wildman–Crippen MR) is 82.4 cm³/mol. The molecule has 4 heteroatoms. The molecule has 2 fully saturated rings. The largest absolute Gasteiger partial charge is 0.368 e. The van der Waals surface area contributed by atoms with Crippen LogP contribution < -0.4 is 11.1 Å². The molecule has 1 aliphatic carbocycles. The summed E-state index contributed by atoms with van der Waals surface area (Å²) < 4.78 is 0. The van der Waals surface area contributed by atoms with Crippen molar-refractivity contribution in [1.82, 2.24) is 10.2 Å². The minimum Gasteiger partial charge on any atom is -0.368 e. The lowest BCUT2D eigenvalue weighted by atomic mass is 9.91. The van der Waals surface area contributed by atoms with Crippen LogP contribution in [0.15, 0.2) is 0 Å². The molecule has 1 saturated heterocycles. The molecule has 20 heavy (non-hydrogen) atoms. The monoisotopic (exact) mass is 281 g/mol. The molecular formula is C16H31N3O. The molecule has 1 amide bonds. The van der Waals surface area contributed by atoms with Gasteiger partial charge in [-0.3, -0.25) is 4.79 Å². The van der Waals surface area contributed by atoms with Crippen LogP contribution in [0.2, 0.25) is 0 Å². The number of rotatable bonds is 9. The van der Waals surface area contributed by atoms with Gasteiger partial charge in [-0.15, -0.1) is 0 Å². The summed E-state index contributed by atoms with van der Waals surface area (Å²) in [6.07, 6.45) is 7.18. The van der Waals surface area contributed by atoms with Crippen LogP contribution in [-0.4, -0.2) is 42.5 Å². The number of likely N-dealkylation sites (tertiary alicyclic amines) is 1. The topological polar surface area (TPSA) is 58.4 Å². The number of hydrogen-bond donors (Lipinski definition) is 2. The third-order valence-corrected chi connectivity index (χ3v) is 4.94. The lowest BCUT2D eigenvalue weighted by molar-refractivity contribution is -0.126. The fourth-order valence-electron chi connectivity index (χ4n) is 3.67. The average Bonchev–Trinajstić information content (AvgIpc) is 3.18. The normalized spacial score (nSPS) is 26.6. The highest BCUT2D eigenvalue weighted by atomic mass is 16.1. The van der Waals surface area contributed by atoms with E-state index < -0.39 is 5.54 Å². The van der Waals surface area contributed by atoms with Gasteiger partial charge >= 0.3 is 0 Å². The smallest absolute Gasteiger partial charge is 0.239 e. The molecule has 4 nitrogen and oxygen atoms in total. The van der Waals surface area contributed by atoms with E-state index in [9.17, 15) is 4.79 Å². The molecule has 116 valence electrons. The van der Waals surface area contributed by atoms with Gasteiger partial charge in [0.15, 0.2) is 0 Å². The molecule has 1 saturated carbocycles. The maximum Gasteiger partial charge on any atom is 0.239 e. The lowest BCUT2D eigenvalue weighted by Gasteiger charge is -2.36. The number of hydrogen-bond acceptors (Lipinski definition) is 3. The number of amides is 1. The van der Waals surface area contributed by atoms with Crippen LogP contribution in [0.25, 0.3) is 0 Å². The van der Waals surface area contributed by atoms with Crippen LogP contribution in [0.1, 0.15) is 52.4 Å². The SMILES string of the molecule is CCCNC(CN1CCC(CCC)C1)(C(N)=O)C1CC1. The zero-order valence-corrected chi connectivity index (χ0v) is 13.2. The first kappa shape index (κ1) is 15.8. The fraction of sp³-hybridized carbons (Fsp3) is 0.938. The van der Waals surface area contributed by atoms with Crippen molar-refractivity contribution >= 4 is 5.91 Å². The number of nitrogens with two attached hydrogens (primary N) is 1. The highest BCUT2D eigenvalue weighted by molar-refractivity contribution is 5.86. The first-order valence-corrected chi connectivity index (χ1v) is 8.39. The molecule has 2 unspecified atom stereocenters. The van der Waals surface area contributed by atoms with E-state index >= 15 is 0 Å². The first-order valence-electron chi connectivity index (χ1n) is 8.39. The van der Waals surface area contributed by atoms with Crippen molar-refractivity contribution < 1.29 is 4.79 Å². The highest BCUT2D eigenvalue weighted by Gasteiger charge is 2.50. The van der Waals surface area contributed by atoms with E-state index in [1.807, 2.05) is 0 Å². The van der Waals surface area contributed by atoms with Gasteiger partial charge in [0, 0.05) is 13.1 Å². The van der Waals surface area contributed by atoms with Gasteiger partial charge in [0.1, 0.15) is 5.54 Å². The van der Waals surface area contributed by atoms with Crippen LogP contribution in [-0.2, 0) is 4.79 Å². The number of nitrogens with zero attached hydrogens (tertiary/aromatic N) is 1. The van der Waals surface area contributed by atoms with Crippen LogP contribution in [0.3, 0.4) is 0 Å². The molecular weight excluding hydrogens is 250 g/mol. The second kappa shape index (κ2) is 6.90. The molecule has 0 aromatic carbocycles. The van der Waals surface area contributed by atoms with Gasteiger partial charge in [-0.05, 0) is 57.0 Å². The first-order chi connectivity index (χ1) is 9.62. The molecule has 2 rings (SSSR count). The van der Waals surface area contributed by atoms with Crippen LogP contribution >= 0.6 is 0 Å². The van der Waals surface area contributed by atoms with E-state index in [4.69, 9.17) is 5.73 Å². The zero-order chi connectivity index (χ0) is 14.6. The molecule has 0 spiro atoms. The van der Waals surface area contributed by atoms with Crippen molar-refractivity contribution in [3.8, 4) is 0 Å². The van der Waals surface area contributed by atoms with Crippen LogP contribution in [0, 0.1) is 11.8 Å². The molecule has 1 heterocycles. The van der Waals surface area contributed by atoms with Crippen molar-refractivity contribution in [3.05, 3.63) is 0 Å². The van der Waals surface area contributed by atoms with Gasteiger partial charge in [0.2, 0.25) is 5.91 Å². The van der Waals surface area contributed by atoms with Crippen molar-refractivity contribution in [3.63, 3.8) is 0 Å². The quantitative estimate of drug-likeness (QED) is 0.677. The van der Waals surface area contributed by atoms with E-state index in [2.05, 4.69) is 24.1 Å². The Hall–Kier alpha value is -0.610. The number of carbonyl (C=O) groups is 1. The summed E-state index contributed by atoms with van der Waals surface area (Å²) in [6.45, 7) is 8.35. The van der Waals surface area contributed by atoms with Gasteiger partial charge in [-0.25, -0.2) is 0 Å². The standard InChI is InChI=1S/C16H31N3O/c1-3-5-13-8-10-19(11-13)12-16(15(17)20,14-6-7-14)18-9-4-2/h13-14,18H,3-12H2,1-2H3,(H2,17,20). The maximum absolute atomic E-state index is 12.1. The zero-order valence-electron chi connectivity index (χ0n) is 13.2. The summed E-state index contributed by atoms with van der Waals surface area (Å²) in [4.78, 5) is 14.6. The third kappa shape index (κ3) is 3.53. The Morgan fingerprint density at radius 3 is 2.60 bits per heavy atom. The van der Waals surface area contributed by atoms with E-state index in [0.717, 1.165) is 51.4 Å². The lowest BCUT2D eigenvalue weighted by Crippen LogP contribution is -2.63. The van der Waals surface area contributed by atoms with Gasteiger partial charge in [0.25, 0.3) is 0 Å². The number of carbonyl (C=O) groups excluding carboxylic acids is 1. The van der Waals surface area contributed by atoms with E-state index in [-0.39, 0.29) is 5.91 Å². The van der Waals surface area contributed by atoms with Crippen molar-refractivity contribution in [2.75, 3.05) is 26.2 Å². The predicted octanol–water partition coefficient (Wildman–Crippen LogP) is 1.74. The van der Waals surface area contributed by atoms with Gasteiger partial charge in [-0.1, -0.05) is 20.3 Å². The Labute approximate surface area is 123 Å². The Morgan fingerprint density at radius 2 is 2.05 bits per heavy atom. The second-order valence-electron chi connectivity index (χ2n) is 6.72. The number of primary amides is 1. The molecule has 0 bridgehead atoms. The van der Waals surface area contributed by atoms with Crippen LogP contribution in [0.4, 0.5) is 0 Å². The van der Waals surface area contributed by atoms with Gasteiger partial charge in [-0.2, -0.15) is 0 Å². The minimum absolute atomic E-state index is 0.146. The van der Waals surface area contributed by atoms with Crippen LogP contribution in [0.5, 0.6) is 0 Å². The second-order valence-corrected chi connectivity index (χ2v) is 6.72. The Balaban J connectivity index is 1.98. The molecule has 3 N–H and O–H groups in total. The maximum atomic E-state index is 12.1. The van der Waals surface area contributed by atoms with Gasteiger partial charge < -0.3 is 16.0 Å². The third-order valence-electron chi connectivity index (χ3n) is 4.94. The Morgan fingerprint density at radius 1 is 1.30 bits per heavy atom. The molecule has 0 aromatic rings. The summed E-state index contributed by atoms with van der Waals surface area (Å²) >= 11 is 0. The van der Waals surface area contributed by atoms with Gasteiger partial charge in [0.05, 0.1) is 0 Å². The molecule has 1 aliphatic heterocycles. The van der Waals surface area contributed by atoms with Crippen molar-refractivity contribution in [1.29, 1.82) is 0 Å². The van der Waals surface area contributed by atoms with E-state index in [1.165, 1.54) is 19.3 Å². The summed E-state index contributed by atoms with van der Waals surface area (Å²) in [5, 5.41) is 3.50. The molecule has 2 aliphatic rings. The summed E-state index contributed by atoms with van der Waals surface area (Å²) in [5.41, 5.74) is 5.32.